The second kappa shape index (κ2) is 9.99. The average Bonchev–Trinajstić information content (AvgIpc) is 3.68. The Hall–Kier alpha value is -4.80. The van der Waals surface area contributed by atoms with Gasteiger partial charge in [-0.2, -0.15) is 0 Å². The van der Waals surface area contributed by atoms with Gasteiger partial charge >= 0.3 is 0 Å². The van der Waals surface area contributed by atoms with E-state index in [2.05, 4.69) is 0 Å². The van der Waals surface area contributed by atoms with Crippen LogP contribution in [0.1, 0.15) is 0 Å². The molecule has 4 heterocycles. The van der Waals surface area contributed by atoms with Crippen LogP contribution in [0.4, 0.5) is 0 Å². The Balaban J connectivity index is 0.000000135. The lowest BCUT2D eigenvalue weighted by atomic mass is 10.00. The molecule has 10 heteroatoms. The summed E-state index contributed by atoms with van der Waals surface area (Å²) < 4.78 is 23.9. The second-order valence-electron chi connectivity index (χ2n) is 9.23. The van der Waals surface area contributed by atoms with Gasteiger partial charge in [-0.15, -0.1) is 0 Å². The Morgan fingerprint density at radius 2 is 0.976 bits per heavy atom. The first-order valence-electron chi connectivity index (χ1n) is 12.7. The smallest absolute Gasteiger partial charge is 0.231 e. The molecule has 0 amide bonds. The van der Waals surface area contributed by atoms with Gasteiger partial charge in [-0.25, -0.2) is 0 Å². The molecular formula is C31H22O8S2. The molecule has 2 aliphatic rings. The van der Waals surface area contributed by atoms with Crippen molar-refractivity contribution >= 4 is 42.8 Å². The Bertz CT molecular complexity index is 1860. The molecule has 0 atom stereocenters. The fourth-order valence-corrected chi connectivity index (χ4v) is 7.00. The van der Waals surface area contributed by atoms with Crippen molar-refractivity contribution in [3.05, 3.63) is 72.8 Å². The lowest BCUT2D eigenvalue weighted by Gasteiger charge is -2.22. The number of hydrogen-bond acceptors (Lipinski definition) is 10. The number of benzene rings is 4. The van der Waals surface area contributed by atoms with Gasteiger partial charge in [0.05, 0.1) is 11.1 Å². The molecule has 0 aliphatic carbocycles. The van der Waals surface area contributed by atoms with E-state index in [0.29, 0.717) is 47.3 Å². The van der Waals surface area contributed by atoms with Crippen molar-refractivity contribution in [1.29, 1.82) is 0 Å². The quantitative estimate of drug-likeness (QED) is 0.165. The molecule has 2 aromatic heterocycles. The summed E-state index contributed by atoms with van der Waals surface area (Å²) in [6.07, 6.45) is 0. The number of phenolic OH excluding ortho intramolecular Hbond substituents is 2. The van der Waals surface area contributed by atoms with Crippen LogP contribution in [0.5, 0.6) is 44.6 Å². The fourth-order valence-electron chi connectivity index (χ4n) is 5.10. The number of phenols is 2. The Kier molecular flexibility index (Phi) is 6.14. The number of rotatable bonds is 2. The molecule has 206 valence electrons. The van der Waals surface area contributed by atoms with Crippen molar-refractivity contribution in [1.82, 2.24) is 0 Å². The van der Waals surface area contributed by atoms with Crippen molar-refractivity contribution < 1.29 is 39.4 Å². The summed E-state index contributed by atoms with van der Waals surface area (Å²) in [6, 6.07) is 22.0. The minimum absolute atomic E-state index is 0.0292. The van der Waals surface area contributed by atoms with E-state index in [0.717, 1.165) is 31.3 Å². The third kappa shape index (κ3) is 4.19. The molecule has 0 unspecified atom stereocenters. The Morgan fingerprint density at radius 3 is 1.56 bits per heavy atom. The third-order valence-electron chi connectivity index (χ3n) is 6.86. The summed E-state index contributed by atoms with van der Waals surface area (Å²) in [5.41, 5.74) is 2.15. The summed E-state index contributed by atoms with van der Waals surface area (Å²) in [5, 5.41) is 43.5. The van der Waals surface area contributed by atoms with E-state index in [1.807, 2.05) is 48.5 Å². The molecule has 0 saturated heterocycles. The molecule has 0 bridgehead atoms. The van der Waals surface area contributed by atoms with Crippen molar-refractivity contribution in [2.75, 3.05) is 20.0 Å². The lowest BCUT2D eigenvalue weighted by molar-refractivity contribution is 0.170. The molecule has 4 N–H and O–H groups in total. The number of thiophene rings is 2. The molecule has 6 aromatic rings. The van der Waals surface area contributed by atoms with Gasteiger partial charge in [-0.1, -0.05) is 59.1 Å². The van der Waals surface area contributed by atoms with Gasteiger partial charge in [0.25, 0.3) is 0 Å². The molecule has 41 heavy (non-hydrogen) atoms. The van der Waals surface area contributed by atoms with Gasteiger partial charge in [0.2, 0.25) is 6.79 Å². The molecule has 8 nitrogen and oxygen atoms in total. The predicted octanol–water partition coefficient (Wildman–Crippen LogP) is 7.46. The SMILES string of the molecule is Oc1ccc2c(c1-c1c(O)ccc3c1OCO3)OCCO2.Oc1sc2ccccc2c1-c1c(O)sc2ccccc12. The van der Waals surface area contributed by atoms with E-state index in [4.69, 9.17) is 18.9 Å². The van der Waals surface area contributed by atoms with Crippen LogP contribution in [0, 0.1) is 0 Å². The zero-order valence-corrected chi connectivity index (χ0v) is 22.9. The first-order valence-corrected chi connectivity index (χ1v) is 14.3. The third-order valence-corrected chi connectivity index (χ3v) is 8.80. The molecule has 8 rings (SSSR count). The van der Waals surface area contributed by atoms with Crippen LogP contribution < -0.4 is 18.9 Å². The maximum Gasteiger partial charge on any atom is 0.231 e. The summed E-state index contributed by atoms with van der Waals surface area (Å²) in [7, 11) is 0. The van der Waals surface area contributed by atoms with Gasteiger partial charge in [0, 0.05) is 31.3 Å². The van der Waals surface area contributed by atoms with E-state index in [9.17, 15) is 20.4 Å². The maximum absolute atomic E-state index is 10.3. The molecule has 2 aliphatic heterocycles. The van der Waals surface area contributed by atoms with E-state index in [1.165, 1.54) is 34.8 Å². The van der Waals surface area contributed by atoms with Gasteiger partial charge in [0.1, 0.15) is 24.7 Å². The topological polar surface area (TPSA) is 118 Å². The van der Waals surface area contributed by atoms with Crippen molar-refractivity contribution in [2.45, 2.75) is 0 Å². The summed E-state index contributed by atoms with van der Waals surface area (Å²) in [4.78, 5) is 0. The van der Waals surface area contributed by atoms with Crippen molar-refractivity contribution in [3.63, 3.8) is 0 Å². The van der Waals surface area contributed by atoms with Crippen LogP contribution in [0.2, 0.25) is 0 Å². The predicted molar refractivity (Wildman–Crippen MR) is 158 cm³/mol. The highest BCUT2D eigenvalue weighted by atomic mass is 32.1. The van der Waals surface area contributed by atoms with Crippen LogP contribution in [-0.2, 0) is 0 Å². The van der Waals surface area contributed by atoms with Gasteiger partial charge in [0.15, 0.2) is 33.1 Å². The van der Waals surface area contributed by atoms with Crippen LogP contribution >= 0.6 is 22.7 Å². The minimum Gasteiger partial charge on any atom is -0.507 e. The lowest BCUT2D eigenvalue weighted by Crippen LogP contribution is -2.16. The van der Waals surface area contributed by atoms with Crippen LogP contribution in [0.15, 0.2) is 72.8 Å². The summed E-state index contributed by atoms with van der Waals surface area (Å²) in [6.45, 7) is 0.880. The highest BCUT2D eigenvalue weighted by molar-refractivity contribution is 7.22. The van der Waals surface area contributed by atoms with Crippen molar-refractivity contribution in [2.24, 2.45) is 0 Å². The maximum atomic E-state index is 10.3. The average molecular weight is 587 g/mol. The number of aromatic hydroxyl groups is 4. The number of fused-ring (bicyclic) bond motifs is 4. The van der Waals surface area contributed by atoms with Gasteiger partial charge in [-0.05, 0) is 36.4 Å². The largest absolute Gasteiger partial charge is 0.507 e. The standard InChI is InChI=1S/C16H10O2S2.C15H12O6/c17-15-13(9-5-1-3-7-11(9)19-15)14-10-6-2-4-8-12(10)20-16(14)18;16-8-1-3-10-14(19-6-5-18-10)12(8)13-9(17)2-4-11-15(13)21-7-20-11/h1-8,17-18H;1-4,16-17H,5-7H2. The number of ether oxygens (including phenoxy) is 4. The van der Waals surface area contributed by atoms with E-state index in [-0.39, 0.29) is 28.4 Å². The summed E-state index contributed by atoms with van der Waals surface area (Å²) >= 11 is 2.69. The van der Waals surface area contributed by atoms with Crippen molar-refractivity contribution in [3.8, 4) is 66.9 Å². The van der Waals surface area contributed by atoms with E-state index in [1.54, 1.807) is 12.1 Å². The van der Waals surface area contributed by atoms with E-state index >= 15 is 0 Å². The first-order chi connectivity index (χ1) is 20.0. The zero-order valence-electron chi connectivity index (χ0n) is 21.3. The molecule has 0 saturated carbocycles. The Morgan fingerprint density at radius 1 is 0.488 bits per heavy atom. The molecule has 4 aromatic carbocycles. The molecule has 0 fully saturated rings. The van der Waals surface area contributed by atoms with Crippen LogP contribution in [0.3, 0.4) is 0 Å². The second-order valence-corrected chi connectivity index (χ2v) is 11.3. The molecule has 0 spiro atoms. The highest BCUT2D eigenvalue weighted by Gasteiger charge is 2.29. The fraction of sp³-hybridized carbons (Fsp3) is 0.0968. The van der Waals surface area contributed by atoms with Gasteiger partial charge < -0.3 is 39.4 Å². The van der Waals surface area contributed by atoms with Crippen LogP contribution in [0.25, 0.3) is 42.4 Å². The van der Waals surface area contributed by atoms with Crippen LogP contribution in [-0.4, -0.2) is 40.4 Å². The Labute approximate surface area is 241 Å². The molecular weight excluding hydrogens is 564 g/mol. The highest BCUT2D eigenvalue weighted by Crippen LogP contribution is 2.55. The normalized spacial score (nSPS) is 13.3. The van der Waals surface area contributed by atoms with Gasteiger partial charge in [-0.3, -0.25) is 0 Å². The summed E-state index contributed by atoms with van der Waals surface area (Å²) in [5.74, 6) is 1.74. The minimum atomic E-state index is -0.0304. The number of hydrogen-bond donors (Lipinski definition) is 4. The first kappa shape index (κ1) is 25.2. The van der Waals surface area contributed by atoms with E-state index < -0.39 is 0 Å². The molecule has 0 radical (unpaired) electrons. The zero-order chi connectivity index (χ0) is 28.1. The monoisotopic (exact) mass is 586 g/mol.